The van der Waals surface area contributed by atoms with E-state index in [0.717, 1.165) is 9.80 Å². The van der Waals surface area contributed by atoms with E-state index in [0.29, 0.717) is 0 Å². The van der Waals surface area contributed by atoms with Crippen molar-refractivity contribution in [3.63, 3.8) is 0 Å². The van der Waals surface area contributed by atoms with Crippen LogP contribution in [-0.2, 0) is 23.8 Å². The molecular formula is C40H54N4O14. The van der Waals surface area contributed by atoms with Crippen LogP contribution in [0.1, 0.15) is 92.6 Å². The SMILES string of the molecule is CC(=O)c1cc2c(OC(=O)NCC[C@H](C(=O)OC(C)(C)C)N(C)C(=O)OC(C)(C)C)c3ccccc3c(OC(=O)NCC[C@@H](C(=O)O)N(C)C(=O)OC(C)(C)C)c2o1. The predicted molar refractivity (Wildman–Crippen MR) is 210 cm³/mol. The number of hydrogen-bond donors (Lipinski definition) is 3. The van der Waals surface area contributed by atoms with E-state index >= 15 is 0 Å². The zero-order valence-corrected chi connectivity index (χ0v) is 35.0. The van der Waals surface area contributed by atoms with Crippen LogP contribution in [0.5, 0.6) is 11.5 Å². The summed E-state index contributed by atoms with van der Waals surface area (Å²) in [6.07, 6.45) is -3.89. The summed E-state index contributed by atoms with van der Waals surface area (Å²) in [7, 11) is 2.66. The van der Waals surface area contributed by atoms with Crippen LogP contribution in [0.25, 0.3) is 21.7 Å². The first-order chi connectivity index (χ1) is 26.7. The van der Waals surface area contributed by atoms with Gasteiger partial charge in [0.25, 0.3) is 0 Å². The number of rotatable bonds is 13. The van der Waals surface area contributed by atoms with Crippen LogP contribution in [0.2, 0.25) is 0 Å². The molecular weight excluding hydrogens is 760 g/mol. The number of benzene rings is 2. The van der Waals surface area contributed by atoms with Crippen LogP contribution < -0.4 is 20.1 Å². The van der Waals surface area contributed by atoms with Gasteiger partial charge in [0.1, 0.15) is 28.9 Å². The molecule has 3 aromatic rings. The number of Topliss-reactive ketones (excluding diaryl/α,β-unsaturated/α-hetero) is 1. The smallest absolute Gasteiger partial charge is 0.412 e. The Kier molecular flexibility index (Phi) is 14.7. The van der Waals surface area contributed by atoms with Crippen LogP contribution in [0.3, 0.4) is 0 Å². The summed E-state index contributed by atoms with van der Waals surface area (Å²) in [5, 5.41) is 15.4. The van der Waals surface area contributed by atoms with Gasteiger partial charge in [-0.15, -0.1) is 0 Å². The molecule has 3 rings (SSSR count). The third-order valence-corrected chi connectivity index (χ3v) is 7.97. The molecule has 58 heavy (non-hydrogen) atoms. The fourth-order valence-electron chi connectivity index (χ4n) is 5.38. The highest BCUT2D eigenvalue weighted by Gasteiger charge is 2.34. The first-order valence-electron chi connectivity index (χ1n) is 18.5. The fraction of sp³-hybridized carbons (Fsp3) is 0.525. The highest BCUT2D eigenvalue weighted by atomic mass is 16.6. The Bertz CT molecular complexity index is 2040. The summed E-state index contributed by atoms with van der Waals surface area (Å²) in [6, 6.07) is 5.25. The number of carboxylic acids is 1. The molecule has 0 radical (unpaired) electrons. The number of ketones is 1. The molecule has 18 heteroatoms. The second-order valence-corrected chi connectivity index (χ2v) is 16.4. The van der Waals surface area contributed by atoms with Gasteiger partial charge in [-0.3, -0.25) is 14.6 Å². The molecule has 4 amide bonds. The lowest BCUT2D eigenvalue weighted by Gasteiger charge is -2.31. The number of aliphatic carboxylic acids is 1. The van der Waals surface area contributed by atoms with Crippen molar-refractivity contribution in [3.8, 4) is 11.5 Å². The monoisotopic (exact) mass is 814 g/mol. The van der Waals surface area contributed by atoms with Crippen molar-refractivity contribution in [3.05, 3.63) is 36.1 Å². The minimum atomic E-state index is -1.34. The standard InChI is InChI=1S/C40H54N4O14/c1-22(45)28-21-25-29(54-34(49)42-20-18-27(33(48)56-38(2,3)4)44(12)37(52)58-40(8,9)10)23-15-13-14-16-24(23)30(31(25)53-28)55-35(50)41-19-17-26(32(46)47)43(11)36(51)57-39(5,6)7/h13-16,21,26-27H,17-20H2,1-12H3,(H,41,50)(H,42,49)(H,46,47)/t26-,27+/m0/s1. The number of nitrogens with one attached hydrogen (secondary N) is 2. The van der Waals surface area contributed by atoms with Crippen molar-refractivity contribution in [2.75, 3.05) is 27.2 Å². The van der Waals surface area contributed by atoms with Gasteiger partial charge in [-0.05, 0) is 81.2 Å². The molecule has 1 aromatic heterocycles. The van der Waals surface area contributed by atoms with Gasteiger partial charge in [-0.1, -0.05) is 24.3 Å². The summed E-state index contributed by atoms with van der Waals surface area (Å²) in [5.41, 5.74) is -2.68. The van der Waals surface area contributed by atoms with Crippen molar-refractivity contribution >= 4 is 63.8 Å². The van der Waals surface area contributed by atoms with Crippen molar-refractivity contribution in [1.29, 1.82) is 0 Å². The maximum absolute atomic E-state index is 13.3. The van der Waals surface area contributed by atoms with Crippen molar-refractivity contribution in [2.24, 2.45) is 0 Å². The second-order valence-electron chi connectivity index (χ2n) is 16.4. The number of carbonyl (C=O) groups is 7. The number of nitrogens with zero attached hydrogens (tertiary/aromatic N) is 2. The molecule has 3 N–H and O–H groups in total. The van der Waals surface area contributed by atoms with Gasteiger partial charge in [0.05, 0.1) is 5.39 Å². The van der Waals surface area contributed by atoms with E-state index in [9.17, 15) is 38.7 Å². The highest BCUT2D eigenvalue weighted by molar-refractivity contribution is 6.12. The van der Waals surface area contributed by atoms with Gasteiger partial charge in [0.15, 0.2) is 28.6 Å². The summed E-state index contributed by atoms with van der Waals surface area (Å²) in [4.78, 5) is 91.4. The normalized spacial score (nSPS) is 12.8. The van der Waals surface area contributed by atoms with Gasteiger partial charge in [0.2, 0.25) is 0 Å². The molecule has 0 unspecified atom stereocenters. The molecule has 0 saturated heterocycles. The Morgan fingerprint density at radius 2 is 1.10 bits per heavy atom. The lowest BCUT2D eigenvalue weighted by atomic mass is 10.1. The molecule has 318 valence electrons. The molecule has 0 aliphatic heterocycles. The molecule has 1 heterocycles. The summed E-state index contributed by atoms with van der Waals surface area (Å²) < 4.78 is 33.5. The van der Waals surface area contributed by atoms with Crippen molar-refractivity contribution in [1.82, 2.24) is 20.4 Å². The molecule has 2 atom stereocenters. The van der Waals surface area contributed by atoms with Crippen LogP contribution in [0.4, 0.5) is 19.2 Å². The molecule has 0 bridgehead atoms. The quantitative estimate of drug-likeness (QED) is 0.0933. The lowest BCUT2D eigenvalue weighted by molar-refractivity contribution is -0.161. The Hall–Kier alpha value is -6.07. The van der Waals surface area contributed by atoms with E-state index in [1.807, 2.05) is 0 Å². The Labute approximate surface area is 336 Å². The number of amides is 4. The van der Waals surface area contributed by atoms with Gasteiger partial charge < -0.3 is 43.8 Å². The van der Waals surface area contributed by atoms with E-state index in [1.54, 1.807) is 86.6 Å². The first kappa shape index (κ1) is 46.3. The number of furan rings is 1. The Morgan fingerprint density at radius 1 is 0.672 bits per heavy atom. The van der Waals surface area contributed by atoms with Crippen molar-refractivity contribution in [2.45, 2.75) is 111 Å². The summed E-state index contributed by atoms with van der Waals surface area (Å²) in [5.74, 6) is -2.83. The minimum absolute atomic E-state index is 0.0452. The maximum Gasteiger partial charge on any atom is 0.412 e. The van der Waals surface area contributed by atoms with E-state index in [-0.39, 0.29) is 64.9 Å². The fourth-order valence-corrected chi connectivity index (χ4v) is 5.38. The number of esters is 1. The van der Waals surface area contributed by atoms with Gasteiger partial charge >= 0.3 is 36.3 Å². The Balaban J connectivity index is 1.86. The van der Waals surface area contributed by atoms with E-state index in [1.165, 1.54) is 27.1 Å². The number of carboxylic acid groups (broad SMARTS) is 1. The largest absolute Gasteiger partial charge is 0.480 e. The van der Waals surface area contributed by atoms with Gasteiger partial charge in [0, 0.05) is 44.9 Å². The Morgan fingerprint density at radius 3 is 1.55 bits per heavy atom. The van der Waals surface area contributed by atoms with Crippen LogP contribution in [0, 0.1) is 0 Å². The summed E-state index contributed by atoms with van der Waals surface area (Å²) in [6.45, 7) is 15.9. The molecule has 2 aromatic carbocycles. The number of carbonyl (C=O) groups excluding carboxylic acids is 6. The third-order valence-electron chi connectivity index (χ3n) is 7.97. The maximum atomic E-state index is 13.3. The second kappa shape index (κ2) is 18.5. The summed E-state index contributed by atoms with van der Waals surface area (Å²) >= 11 is 0. The number of ether oxygens (including phenoxy) is 5. The number of fused-ring (bicyclic) bond motifs is 2. The number of likely N-dealkylation sites (N-methyl/N-ethyl adjacent to an activating group) is 2. The van der Waals surface area contributed by atoms with Gasteiger partial charge in [-0.2, -0.15) is 0 Å². The lowest BCUT2D eigenvalue weighted by Crippen LogP contribution is -2.48. The topological polar surface area (TPSA) is 230 Å². The first-order valence-corrected chi connectivity index (χ1v) is 18.5. The third kappa shape index (κ3) is 13.0. The molecule has 0 aliphatic rings. The molecule has 0 spiro atoms. The molecule has 0 saturated carbocycles. The van der Waals surface area contributed by atoms with E-state index in [2.05, 4.69) is 10.6 Å². The predicted octanol–water partition coefficient (Wildman–Crippen LogP) is 6.64. The molecule has 0 fully saturated rings. The van der Waals surface area contributed by atoms with E-state index < -0.39 is 71.0 Å². The number of hydrogen-bond acceptors (Lipinski definition) is 13. The minimum Gasteiger partial charge on any atom is -0.480 e. The molecule has 18 nitrogen and oxygen atoms in total. The van der Waals surface area contributed by atoms with E-state index in [4.69, 9.17) is 28.1 Å². The zero-order chi connectivity index (χ0) is 43.9. The van der Waals surface area contributed by atoms with Gasteiger partial charge in [-0.25, -0.2) is 28.8 Å². The average molecular weight is 815 g/mol. The highest BCUT2D eigenvalue weighted by Crippen LogP contribution is 2.44. The zero-order valence-electron chi connectivity index (χ0n) is 35.0. The molecule has 0 aliphatic carbocycles. The van der Waals surface area contributed by atoms with Crippen molar-refractivity contribution < 1.29 is 66.8 Å². The van der Waals surface area contributed by atoms with Crippen LogP contribution in [-0.4, -0.2) is 113 Å². The average Bonchev–Trinajstić information content (AvgIpc) is 3.53. The van der Waals surface area contributed by atoms with Crippen LogP contribution >= 0.6 is 0 Å². The van der Waals surface area contributed by atoms with Crippen LogP contribution in [0.15, 0.2) is 34.7 Å².